The van der Waals surface area contributed by atoms with Gasteiger partial charge in [-0.05, 0) is 36.6 Å². The topological polar surface area (TPSA) is 101 Å². The first-order valence-corrected chi connectivity index (χ1v) is 12.7. The fourth-order valence-corrected chi connectivity index (χ4v) is 4.92. The molecule has 1 aliphatic carbocycles. The van der Waals surface area contributed by atoms with Crippen LogP contribution in [-0.2, 0) is 12.0 Å². The number of amides is 1. The maximum atomic E-state index is 13.1. The second kappa shape index (κ2) is 10.7. The van der Waals surface area contributed by atoms with Crippen LogP contribution >= 0.6 is 11.6 Å². The molecule has 9 heteroatoms. The van der Waals surface area contributed by atoms with Crippen molar-refractivity contribution in [2.24, 2.45) is 0 Å². The van der Waals surface area contributed by atoms with Gasteiger partial charge in [0.15, 0.2) is 5.82 Å². The first-order chi connectivity index (χ1) is 18.5. The van der Waals surface area contributed by atoms with Crippen LogP contribution in [0.2, 0.25) is 5.02 Å². The van der Waals surface area contributed by atoms with Crippen LogP contribution in [0.25, 0.3) is 17.2 Å². The molecule has 0 aliphatic heterocycles. The van der Waals surface area contributed by atoms with Crippen LogP contribution < -0.4 is 15.6 Å². The highest BCUT2D eigenvalue weighted by molar-refractivity contribution is 6.31. The highest BCUT2D eigenvalue weighted by Crippen LogP contribution is 2.49. The number of para-hydroxylation sites is 1. The number of aromatic nitrogens is 4. The summed E-state index contributed by atoms with van der Waals surface area (Å²) in [6.07, 6.45) is 1.94. The van der Waals surface area contributed by atoms with Gasteiger partial charge in [-0.1, -0.05) is 79.7 Å². The van der Waals surface area contributed by atoms with Gasteiger partial charge in [-0.3, -0.25) is 14.7 Å². The molecular weight excluding hydrogens is 514 g/mol. The highest BCUT2D eigenvalue weighted by atomic mass is 35.5. The summed E-state index contributed by atoms with van der Waals surface area (Å²) in [4.78, 5) is 34.7. The maximum absolute atomic E-state index is 13.1. The Labute approximate surface area is 230 Å². The second-order valence-electron chi connectivity index (χ2n) is 9.39. The quantitative estimate of drug-likeness (QED) is 0.273. The first-order valence-electron chi connectivity index (χ1n) is 12.3. The highest BCUT2D eigenvalue weighted by Gasteiger charge is 2.45. The lowest BCUT2D eigenvalue weighted by molar-refractivity contribution is 0.0945. The summed E-state index contributed by atoms with van der Waals surface area (Å²) < 4.78 is 7.25. The monoisotopic (exact) mass is 541 g/mol. The van der Waals surface area contributed by atoms with Gasteiger partial charge < -0.3 is 10.1 Å². The largest absolute Gasteiger partial charge is 0.486 e. The van der Waals surface area contributed by atoms with E-state index in [2.05, 4.69) is 20.4 Å². The van der Waals surface area contributed by atoms with Crippen molar-refractivity contribution in [3.63, 3.8) is 0 Å². The number of nitrogens with one attached hydrogen (secondary N) is 2. The summed E-state index contributed by atoms with van der Waals surface area (Å²) in [6.45, 7) is 0.495. The van der Waals surface area contributed by atoms with Gasteiger partial charge in [0.25, 0.3) is 17.2 Å². The Bertz CT molecular complexity index is 1690. The van der Waals surface area contributed by atoms with Crippen LogP contribution in [0.1, 0.15) is 41.9 Å². The SMILES string of the molecule is C.O=C(NCC1(c2ccccc2Cl)CC1)c1ccccc1OCc1cc(=O)n2[nH]c(-c3ccccc3)nc2n1. The lowest BCUT2D eigenvalue weighted by atomic mass is 9.95. The third kappa shape index (κ3) is 5.28. The third-order valence-electron chi connectivity index (χ3n) is 6.82. The van der Waals surface area contributed by atoms with Gasteiger partial charge in [0.05, 0.1) is 11.3 Å². The summed E-state index contributed by atoms with van der Waals surface area (Å²) >= 11 is 6.42. The summed E-state index contributed by atoms with van der Waals surface area (Å²) in [6, 6.07) is 25.7. The molecule has 1 saturated carbocycles. The molecule has 2 aromatic heterocycles. The van der Waals surface area contributed by atoms with Gasteiger partial charge in [0, 0.05) is 28.6 Å². The second-order valence-corrected chi connectivity index (χ2v) is 9.79. The van der Waals surface area contributed by atoms with Crippen LogP contribution in [0, 0.1) is 0 Å². The van der Waals surface area contributed by atoms with E-state index in [4.69, 9.17) is 16.3 Å². The molecule has 1 amide bonds. The van der Waals surface area contributed by atoms with Crippen LogP contribution in [-0.4, -0.2) is 32.0 Å². The standard InChI is InChI=1S/C29H24ClN5O3.CH4/c30-23-12-6-5-11-22(23)29(14-15-29)18-31-27(37)21-10-4-7-13-24(21)38-17-20-16-25(36)35-28(32-20)33-26(34-35)19-8-2-1-3-9-19;/h1-13,16H,14-15,17-18H2,(H,31,37)(H,32,33,34);1H4. The minimum absolute atomic E-state index is 0. The average Bonchev–Trinajstić information content (AvgIpc) is 3.60. The van der Waals surface area contributed by atoms with Crippen molar-refractivity contribution < 1.29 is 9.53 Å². The molecule has 39 heavy (non-hydrogen) atoms. The molecule has 8 nitrogen and oxygen atoms in total. The summed E-state index contributed by atoms with van der Waals surface area (Å²) in [7, 11) is 0. The van der Waals surface area contributed by atoms with Crippen molar-refractivity contribution in [2.45, 2.75) is 32.3 Å². The molecule has 6 rings (SSSR count). The molecule has 2 N–H and O–H groups in total. The van der Waals surface area contributed by atoms with Gasteiger partial charge in [-0.15, -0.1) is 0 Å². The minimum atomic E-state index is -0.302. The molecule has 1 aliphatic rings. The molecule has 198 valence electrons. The molecule has 1 fully saturated rings. The molecule has 0 spiro atoms. The number of nitrogens with zero attached hydrogens (tertiary/aromatic N) is 3. The Hall–Kier alpha value is -4.43. The van der Waals surface area contributed by atoms with Crippen LogP contribution in [0.3, 0.4) is 0 Å². The number of carbonyl (C=O) groups is 1. The number of aromatic amines is 1. The van der Waals surface area contributed by atoms with E-state index in [9.17, 15) is 9.59 Å². The molecule has 0 atom stereocenters. The number of hydrogen-bond donors (Lipinski definition) is 2. The summed E-state index contributed by atoms with van der Waals surface area (Å²) in [5.41, 5.74) is 2.29. The van der Waals surface area contributed by atoms with E-state index in [1.807, 2.05) is 54.6 Å². The van der Waals surface area contributed by atoms with Crippen LogP contribution in [0.4, 0.5) is 0 Å². The van der Waals surface area contributed by atoms with Gasteiger partial charge in [0.2, 0.25) is 0 Å². The van der Waals surface area contributed by atoms with Gasteiger partial charge >= 0.3 is 0 Å². The van der Waals surface area contributed by atoms with E-state index < -0.39 is 0 Å². The van der Waals surface area contributed by atoms with E-state index in [1.165, 1.54) is 10.6 Å². The number of fused-ring (bicyclic) bond motifs is 1. The van der Waals surface area contributed by atoms with Crippen LogP contribution in [0.15, 0.2) is 89.7 Å². The summed E-state index contributed by atoms with van der Waals surface area (Å²) in [5.74, 6) is 0.958. The molecule has 3 aromatic carbocycles. The Morgan fingerprint density at radius 1 is 1.00 bits per heavy atom. The van der Waals surface area contributed by atoms with Gasteiger partial charge in [-0.25, -0.2) is 4.98 Å². The van der Waals surface area contributed by atoms with E-state index in [0.717, 1.165) is 29.0 Å². The van der Waals surface area contributed by atoms with E-state index in [-0.39, 0.29) is 36.7 Å². The molecule has 0 saturated heterocycles. The van der Waals surface area contributed by atoms with Crippen molar-refractivity contribution in [2.75, 3.05) is 6.54 Å². The number of carbonyl (C=O) groups excluding carboxylic acids is 1. The Morgan fingerprint density at radius 3 is 2.49 bits per heavy atom. The normalized spacial score (nSPS) is 13.5. The maximum Gasteiger partial charge on any atom is 0.274 e. The van der Waals surface area contributed by atoms with E-state index >= 15 is 0 Å². The molecular formula is C30H28ClN5O3. The Balaban J connectivity index is 0.00000308. The Morgan fingerprint density at radius 2 is 1.72 bits per heavy atom. The number of ether oxygens (including phenoxy) is 1. The third-order valence-corrected chi connectivity index (χ3v) is 7.15. The van der Waals surface area contributed by atoms with Gasteiger partial charge in [0.1, 0.15) is 12.4 Å². The van der Waals surface area contributed by atoms with E-state index in [0.29, 0.717) is 29.4 Å². The first kappa shape index (κ1) is 26.2. The summed E-state index contributed by atoms with van der Waals surface area (Å²) in [5, 5.41) is 6.76. The van der Waals surface area contributed by atoms with Crippen molar-refractivity contribution in [3.8, 4) is 17.1 Å². The van der Waals surface area contributed by atoms with Crippen LogP contribution in [0.5, 0.6) is 5.75 Å². The Kier molecular flexibility index (Phi) is 7.21. The van der Waals surface area contributed by atoms with E-state index in [1.54, 1.807) is 24.3 Å². The number of H-pyrrole nitrogens is 1. The average molecular weight is 542 g/mol. The van der Waals surface area contributed by atoms with Gasteiger partial charge in [-0.2, -0.15) is 9.50 Å². The predicted octanol–water partition coefficient (Wildman–Crippen LogP) is 5.41. The van der Waals surface area contributed by atoms with Crippen molar-refractivity contribution >= 4 is 23.3 Å². The zero-order valence-electron chi connectivity index (χ0n) is 20.4. The smallest absolute Gasteiger partial charge is 0.274 e. The number of rotatable bonds is 8. The fraction of sp³-hybridized carbons (Fsp3) is 0.200. The molecule has 0 radical (unpaired) electrons. The lowest BCUT2D eigenvalue weighted by Gasteiger charge is -2.18. The van der Waals surface area contributed by atoms with Crippen molar-refractivity contribution in [3.05, 3.63) is 117 Å². The molecule has 0 bridgehead atoms. The minimum Gasteiger partial charge on any atom is -0.486 e. The van der Waals surface area contributed by atoms with Crippen molar-refractivity contribution in [1.29, 1.82) is 0 Å². The molecule has 2 heterocycles. The lowest BCUT2D eigenvalue weighted by Crippen LogP contribution is -2.32. The molecule has 0 unspecified atom stereocenters. The number of benzene rings is 3. The predicted molar refractivity (Wildman–Crippen MR) is 151 cm³/mol. The zero-order valence-corrected chi connectivity index (χ0v) is 21.1. The fourth-order valence-electron chi connectivity index (χ4n) is 4.59. The number of halogens is 1. The zero-order chi connectivity index (χ0) is 26.1. The number of hydrogen-bond acceptors (Lipinski definition) is 5. The molecule has 5 aromatic rings. The van der Waals surface area contributed by atoms with Crippen molar-refractivity contribution in [1.82, 2.24) is 24.9 Å².